The van der Waals surface area contributed by atoms with E-state index in [0.29, 0.717) is 32.8 Å². The largest absolute Gasteiger partial charge is 0.461 e. The topological polar surface area (TPSA) is 117 Å². The minimum atomic E-state index is -0.277. The standard InChI is InChI=1S/C13H21N3O2.C9H9BrO2/c14-6-7-16-9-12(15)8-13(17)18-10-11-4-2-1-3-5-11;10-6-9(11)12-7-8-4-2-1-3-5-8/h1-5,12,16H,6-10,14-15H2;1-5H,6-7H2. The van der Waals surface area contributed by atoms with Crippen molar-refractivity contribution in [2.24, 2.45) is 11.5 Å². The molecular weight excluding hydrogens is 450 g/mol. The van der Waals surface area contributed by atoms with Crippen molar-refractivity contribution in [3.63, 3.8) is 0 Å². The molecule has 0 amide bonds. The van der Waals surface area contributed by atoms with Crippen LogP contribution in [0.2, 0.25) is 0 Å². The lowest BCUT2D eigenvalue weighted by molar-refractivity contribution is -0.145. The highest BCUT2D eigenvalue weighted by atomic mass is 79.9. The maximum Gasteiger partial charge on any atom is 0.316 e. The molecule has 0 bridgehead atoms. The monoisotopic (exact) mass is 479 g/mol. The Morgan fingerprint density at radius 2 is 1.40 bits per heavy atom. The normalized spacial score (nSPS) is 11.0. The van der Waals surface area contributed by atoms with Crippen LogP contribution in [0.1, 0.15) is 17.5 Å². The van der Waals surface area contributed by atoms with E-state index in [1.54, 1.807) is 0 Å². The second kappa shape index (κ2) is 16.5. The first-order valence-electron chi connectivity index (χ1n) is 9.66. The summed E-state index contributed by atoms with van der Waals surface area (Å²) in [6.45, 7) is 2.48. The van der Waals surface area contributed by atoms with Crippen LogP contribution in [-0.2, 0) is 32.3 Å². The average Bonchev–Trinajstić information content (AvgIpc) is 2.78. The second-order valence-electron chi connectivity index (χ2n) is 6.38. The number of hydrogen-bond acceptors (Lipinski definition) is 7. The number of esters is 2. The molecule has 0 heterocycles. The lowest BCUT2D eigenvalue weighted by atomic mass is 10.2. The minimum Gasteiger partial charge on any atom is -0.461 e. The number of nitrogens with one attached hydrogen (secondary N) is 1. The maximum absolute atomic E-state index is 11.5. The molecule has 0 aliphatic carbocycles. The molecule has 0 saturated heterocycles. The van der Waals surface area contributed by atoms with E-state index in [1.807, 2.05) is 60.7 Å². The molecule has 0 aliphatic heterocycles. The van der Waals surface area contributed by atoms with Gasteiger partial charge in [0, 0.05) is 25.7 Å². The average molecular weight is 480 g/mol. The second-order valence-corrected chi connectivity index (χ2v) is 6.94. The third kappa shape index (κ3) is 13.1. The molecule has 2 aromatic rings. The van der Waals surface area contributed by atoms with Gasteiger partial charge in [0.2, 0.25) is 0 Å². The van der Waals surface area contributed by atoms with Crippen LogP contribution < -0.4 is 16.8 Å². The van der Waals surface area contributed by atoms with Gasteiger partial charge < -0.3 is 26.3 Å². The zero-order valence-corrected chi connectivity index (χ0v) is 18.6. The SMILES string of the molecule is NCCNCC(N)CC(=O)OCc1ccccc1.O=C(CBr)OCc1ccccc1. The number of benzene rings is 2. The van der Waals surface area contributed by atoms with Crippen molar-refractivity contribution in [2.45, 2.75) is 25.7 Å². The molecule has 0 saturated carbocycles. The van der Waals surface area contributed by atoms with Crippen molar-refractivity contribution < 1.29 is 19.1 Å². The molecule has 5 N–H and O–H groups in total. The number of carbonyl (C=O) groups is 2. The number of halogens is 1. The van der Waals surface area contributed by atoms with Crippen LogP contribution in [0.3, 0.4) is 0 Å². The van der Waals surface area contributed by atoms with Crippen molar-refractivity contribution in [3.05, 3.63) is 71.8 Å². The van der Waals surface area contributed by atoms with Gasteiger partial charge in [-0.15, -0.1) is 0 Å². The Hall–Kier alpha value is -2.26. The van der Waals surface area contributed by atoms with Crippen LogP contribution in [0.5, 0.6) is 0 Å². The van der Waals surface area contributed by atoms with Crippen molar-refractivity contribution in [3.8, 4) is 0 Å². The maximum atomic E-state index is 11.5. The van der Waals surface area contributed by atoms with E-state index < -0.39 is 0 Å². The van der Waals surface area contributed by atoms with Crippen molar-refractivity contribution in [2.75, 3.05) is 25.0 Å². The molecule has 164 valence electrons. The van der Waals surface area contributed by atoms with Crippen LogP contribution in [0.25, 0.3) is 0 Å². The molecule has 2 aromatic carbocycles. The zero-order valence-electron chi connectivity index (χ0n) is 17.0. The molecular formula is C22H30BrN3O4. The Balaban J connectivity index is 0.000000325. The molecule has 0 spiro atoms. The highest BCUT2D eigenvalue weighted by molar-refractivity contribution is 9.09. The fourth-order valence-corrected chi connectivity index (χ4v) is 2.41. The number of nitrogens with two attached hydrogens (primary N) is 2. The molecule has 1 unspecified atom stereocenters. The van der Waals surface area contributed by atoms with E-state index in [9.17, 15) is 9.59 Å². The van der Waals surface area contributed by atoms with Crippen LogP contribution >= 0.6 is 15.9 Å². The Morgan fingerprint density at radius 1 is 0.900 bits per heavy atom. The molecule has 8 heteroatoms. The van der Waals surface area contributed by atoms with Crippen molar-refractivity contribution >= 4 is 27.9 Å². The van der Waals surface area contributed by atoms with Crippen LogP contribution in [0.15, 0.2) is 60.7 Å². The molecule has 0 fully saturated rings. The van der Waals surface area contributed by atoms with Gasteiger partial charge >= 0.3 is 11.9 Å². The molecule has 0 radical (unpaired) electrons. The predicted molar refractivity (Wildman–Crippen MR) is 121 cm³/mol. The summed E-state index contributed by atoms with van der Waals surface area (Å²) >= 11 is 3.01. The third-order valence-corrected chi connectivity index (χ3v) is 4.21. The van der Waals surface area contributed by atoms with E-state index in [0.717, 1.165) is 11.1 Å². The summed E-state index contributed by atoms with van der Waals surface area (Å²) in [6.07, 6.45) is 0.213. The van der Waals surface area contributed by atoms with Crippen LogP contribution in [0.4, 0.5) is 0 Å². The smallest absolute Gasteiger partial charge is 0.316 e. The van der Waals surface area contributed by atoms with E-state index in [2.05, 4.69) is 21.2 Å². The molecule has 7 nitrogen and oxygen atoms in total. The van der Waals surface area contributed by atoms with Gasteiger partial charge in [0.25, 0.3) is 0 Å². The molecule has 2 rings (SSSR count). The fourth-order valence-electron chi connectivity index (χ4n) is 2.25. The summed E-state index contributed by atoms with van der Waals surface area (Å²) in [6, 6.07) is 18.9. The summed E-state index contributed by atoms with van der Waals surface area (Å²) in [5, 5.41) is 3.31. The highest BCUT2D eigenvalue weighted by Gasteiger charge is 2.10. The van der Waals surface area contributed by atoms with Gasteiger partial charge in [-0.1, -0.05) is 76.6 Å². The Kier molecular flexibility index (Phi) is 14.2. The number of rotatable bonds is 11. The quantitative estimate of drug-likeness (QED) is 0.256. The first-order valence-corrected chi connectivity index (χ1v) is 10.8. The fraction of sp³-hybridized carbons (Fsp3) is 0.364. The van der Waals surface area contributed by atoms with Gasteiger partial charge in [0.05, 0.1) is 6.42 Å². The summed E-state index contributed by atoms with van der Waals surface area (Å²) in [5.74, 6) is -0.514. The lowest BCUT2D eigenvalue weighted by Gasteiger charge is -2.12. The van der Waals surface area contributed by atoms with Gasteiger partial charge in [0.15, 0.2) is 0 Å². The number of alkyl halides is 1. The third-order valence-electron chi connectivity index (χ3n) is 3.75. The minimum absolute atomic E-state index is 0.213. The van der Waals surface area contributed by atoms with Gasteiger partial charge in [-0.25, -0.2) is 0 Å². The molecule has 0 aliphatic rings. The van der Waals surface area contributed by atoms with E-state index in [1.165, 1.54) is 0 Å². The molecule has 1 atom stereocenters. The highest BCUT2D eigenvalue weighted by Crippen LogP contribution is 2.02. The summed E-state index contributed by atoms with van der Waals surface area (Å²) in [4.78, 5) is 22.2. The summed E-state index contributed by atoms with van der Waals surface area (Å²) in [5.41, 5.74) is 13.1. The number of ether oxygens (including phenoxy) is 2. The predicted octanol–water partition coefficient (Wildman–Crippen LogP) is 2.12. The number of carbonyl (C=O) groups excluding carboxylic acids is 2. The van der Waals surface area contributed by atoms with Gasteiger partial charge in [-0.05, 0) is 11.1 Å². The number of hydrogen-bond donors (Lipinski definition) is 3. The first-order chi connectivity index (χ1) is 14.5. The van der Waals surface area contributed by atoms with E-state index in [-0.39, 0.29) is 29.7 Å². The Morgan fingerprint density at radius 3 is 1.87 bits per heavy atom. The van der Waals surface area contributed by atoms with Crippen molar-refractivity contribution in [1.29, 1.82) is 0 Å². The Bertz CT molecular complexity index is 717. The van der Waals surface area contributed by atoms with Crippen LogP contribution in [-0.4, -0.2) is 42.9 Å². The lowest BCUT2D eigenvalue weighted by Crippen LogP contribution is -2.37. The zero-order chi connectivity index (χ0) is 22.0. The van der Waals surface area contributed by atoms with Gasteiger partial charge in [-0.3, -0.25) is 9.59 Å². The van der Waals surface area contributed by atoms with Crippen molar-refractivity contribution in [1.82, 2.24) is 5.32 Å². The molecule has 0 aromatic heterocycles. The Labute approximate surface area is 186 Å². The first kappa shape index (κ1) is 25.8. The van der Waals surface area contributed by atoms with Gasteiger partial charge in [-0.2, -0.15) is 0 Å². The van der Waals surface area contributed by atoms with Crippen LogP contribution in [0, 0.1) is 0 Å². The van der Waals surface area contributed by atoms with E-state index in [4.69, 9.17) is 20.9 Å². The van der Waals surface area contributed by atoms with E-state index >= 15 is 0 Å². The summed E-state index contributed by atoms with van der Waals surface area (Å²) < 4.78 is 10.0. The van der Waals surface area contributed by atoms with Gasteiger partial charge in [0.1, 0.15) is 18.5 Å². The summed E-state index contributed by atoms with van der Waals surface area (Å²) in [7, 11) is 0. The molecule has 30 heavy (non-hydrogen) atoms.